The summed E-state index contributed by atoms with van der Waals surface area (Å²) in [7, 11) is 0. The molecule has 0 saturated heterocycles. The molecule has 0 saturated carbocycles. The van der Waals surface area contributed by atoms with Crippen LogP contribution < -0.4 is 5.32 Å². The lowest BCUT2D eigenvalue weighted by molar-refractivity contribution is -0.119. The number of hydrogen-bond acceptors (Lipinski definition) is 5. The Kier molecular flexibility index (Phi) is 6.90. The van der Waals surface area contributed by atoms with Gasteiger partial charge in [0.05, 0.1) is 11.1 Å². The lowest BCUT2D eigenvalue weighted by Crippen LogP contribution is -2.21. The first-order valence-corrected chi connectivity index (χ1v) is 9.75. The van der Waals surface area contributed by atoms with Crippen molar-refractivity contribution in [3.8, 4) is 6.07 Å². The highest BCUT2D eigenvalue weighted by atomic mass is 35.5. The van der Waals surface area contributed by atoms with Crippen molar-refractivity contribution in [1.29, 1.82) is 5.26 Å². The van der Waals surface area contributed by atoms with Gasteiger partial charge in [0.15, 0.2) is 6.61 Å². The van der Waals surface area contributed by atoms with Crippen LogP contribution in [0, 0.1) is 11.3 Å². The molecule has 0 spiro atoms. The summed E-state index contributed by atoms with van der Waals surface area (Å²) in [5.41, 5.74) is 1.40. The number of ether oxygens (including phenoxy) is 1. The van der Waals surface area contributed by atoms with Crippen LogP contribution in [0.2, 0.25) is 5.02 Å². The van der Waals surface area contributed by atoms with Crippen molar-refractivity contribution in [2.24, 2.45) is 0 Å². The first kappa shape index (κ1) is 20.5. The first-order chi connectivity index (χ1) is 14.1. The van der Waals surface area contributed by atoms with Crippen molar-refractivity contribution in [2.75, 3.05) is 11.9 Å². The number of carbonyl (C=O) groups excluding carboxylic acids is 2. The van der Waals surface area contributed by atoms with Gasteiger partial charge >= 0.3 is 5.97 Å². The zero-order chi connectivity index (χ0) is 20.6. The second-order valence-corrected chi connectivity index (χ2v) is 7.36. The minimum atomic E-state index is -0.617. The second-order valence-electron chi connectivity index (χ2n) is 5.84. The molecule has 0 atom stereocenters. The number of esters is 1. The van der Waals surface area contributed by atoms with Gasteiger partial charge in [0, 0.05) is 20.5 Å². The molecule has 0 heterocycles. The lowest BCUT2D eigenvalue weighted by Gasteiger charge is -2.10. The molecule has 5 nitrogen and oxygen atoms in total. The van der Waals surface area contributed by atoms with Crippen LogP contribution in [0.4, 0.5) is 5.69 Å². The van der Waals surface area contributed by atoms with Crippen LogP contribution in [-0.4, -0.2) is 18.5 Å². The Bertz CT molecular complexity index is 1080. The maximum absolute atomic E-state index is 12.5. The number of amides is 1. The molecule has 3 aromatic rings. The Balaban J connectivity index is 1.66. The van der Waals surface area contributed by atoms with E-state index in [1.54, 1.807) is 60.7 Å². The number of nitrogens with one attached hydrogen (secondary N) is 1. The molecule has 0 aliphatic heterocycles. The Morgan fingerprint density at radius 3 is 2.34 bits per heavy atom. The Morgan fingerprint density at radius 2 is 1.62 bits per heavy atom. The van der Waals surface area contributed by atoms with Crippen molar-refractivity contribution >= 4 is 40.9 Å². The fourth-order valence-corrected chi connectivity index (χ4v) is 3.57. The van der Waals surface area contributed by atoms with E-state index in [0.29, 0.717) is 26.7 Å². The van der Waals surface area contributed by atoms with E-state index >= 15 is 0 Å². The largest absolute Gasteiger partial charge is 0.452 e. The SMILES string of the molecule is N#Cc1ccccc1Sc1ccccc1C(=O)OCC(=O)Nc1ccc(Cl)cc1. The third-order valence-corrected chi connectivity index (χ3v) is 5.20. The number of rotatable bonds is 6. The third-order valence-electron chi connectivity index (χ3n) is 3.80. The molecule has 0 radical (unpaired) electrons. The smallest absolute Gasteiger partial charge is 0.339 e. The monoisotopic (exact) mass is 422 g/mol. The average molecular weight is 423 g/mol. The Morgan fingerprint density at radius 1 is 0.966 bits per heavy atom. The van der Waals surface area contributed by atoms with Gasteiger partial charge < -0.3 is 10.1 Å². The molecular weight excluding hydrogens is 408 g/mol. The molecule has 29 heavy (non-hydrogen) atoms. The number of benzene rings is 3. The van der Waals surface area contributed by atoms with Crippen LogP contribution in [0.5, 0.6) is 0 Å². The van der Waals surface area contributed by atoms with E-state index in [0.717, 1.165) is 4.90 Å². The minimum absolute atomic E-state index is 0.324. The van der Waals surface area contributed by atoms with E-state index in [4.69, 9.17) is 16.3 Å². The molecule has 0 aliphatic carbocycles. The van der Waals surface area contributed by atoms with Gasteiger partial charge in [-0.3, -0.25) is 4.79 Å². The van der Waals surface area contributed by atoms with E-state index in [1.165, 1.54) is 11.8 Å². The van der Waals surface area contributed by atoms with Crippen molar-refractivity contribution in [3.05, 3.63) is 88.9 Å². The molecule has 1 N–H and O–H groups in total. The highest BCUT2D eigenvalue weighted by molar-refractivity contribution is 7.99. The molecule has 0 unspecified atom stereocenters. The fourth-order valence-electron chi connectivity index (χ4n) is 2.43. The van der Waals surface area contributed by atoms with Crippen LogP contribution >= 0.6 is 23.4 Å². The normalized spacial score (nSPS) is 10.1. The molecule has 0 bridgehead atoms. The highest BCUT2D eigenvalue weighted by Gasteiger charge is 2.16. The van der Waals surface area contributed by atoms with Crippen LogP contribution in [0.25, 0.3) is 0 Å². The van der Waals surface area contributed by atoms with Gasteiger partial charge in [0.2, 0.25) is 0 Å². The highest BCUT2D eigenvalue weighted by Crippen LogP contribution is 2.32. The molecule has 0 aromatic heterocycles. The minimum Gasteiger partial charge on any atom is -0.452 e. The molecule has 0 fully saturated rings. The number of anilines is 1. The van der Waals surface area contributed by atoms with Crippen molar-refractivity contribution < 1.29 is 14.3 Å². The summed E-state index contributed by atoms with van der Waals surface area (Å²) < 4.78 is 5.17. The summed E-state index contributed by atoms with van der Waals surface area (Å²) in [6.45, 7) is -0.421. The topological polar surface area (TPSA) is 79.2 Å². The number of nitriles is 1. The fraction of sp³-hybridized carbons (Fsp3) is 0.0455. The van der Waals surface area contributed by atoms with Crippen molar-refractivity contribution in [2.45, 2.75) is 9.79 Å². The van der Waals surface area contributed by atoms with Crippen molar-refractivity contribution in [1.82, 2.24) is 0 Å². The quantitative estimate of drug-likeness (QED) is 0.555. The van der Waals surface area contributed by atoms with E-state index in [-0.39, 0.29) is 0 Å². The number of carbonyl (C=O) groups is 2. The summed E-state index contributed by atoms with van der Waals surface area (Å²) in [6, 6.07) is 22.8. The molecule has 3 rings (SSSR count). The molecule has 1 amide bonds. The third kappa shape index (κ3) is 5.61. The van der Waals surface area contributed by atoms with Crippen LogP contribution in [-0.2, 0) is 9.53 Å². The summed E-state index contributed by atoms with van der Waals surface area (Å²) in [4.78, 5) is 25.9. The van der Waals surface area contributed by atoms with Gasteiger partial charge in [0.1, 0.15) is 6.07 Å². The van der Waals surface area contributed by atoms with Gasteiger partial charge in [-0.2, -0.15) is 5.26 Å². The van der Waals surface area contributed by atoms with Gasteiger partial charge in [-0.1, -0.05) is 47.6 Å². The Labute approximate surface area is 177 Å². The zero-order valence-electron chi connectivity index (χ0n) is 15.1. The molecule has 0 aliphatic rings. The maximum atomic E-state index is 12.5. The molecule has 7 heteroatoms. The van der Waals surface area contributed by atoms with E-state index in [2.05, 4.69) is 11.4 Å². The summed E-state index contributed by atoms with van der Waals surface area (Å²) in [6.07, 6.45) is 0. The second kappa shape index (κ2) is 9.78. The summed E-state index contributed by atoms with van der Waals surface area (Å²) in [5, 5.41) is 12.4. The maximum Gasteiger partial charge on any atom is 0.339 e. The molecule has 3 aromatic carbocycles. The summed E-state index contributed by atoms with van der Waals surface area (Å²) in [5.74, 6) is -1.07. The van der Waals surface area contributed by atoms with Gasteiger partial charge in [-0.05, 0) is 48.5 Å². The van der Waals surface area contributed by atoms with Crippen LogP contribution in [0.15, 0.2) is 82.6 Å². The predicted octanol–water partition coefficient (Wildman–Crippen LogP) is 5.16. The number of nitrogens with zero attached hydrogens (tertiary/aromatic N) is 1. The van der Waals surface area contributed by atoms with Gasteiger partial charge in [-0.25, -0.2) is 4.79 Å². The average Bonchev–Trinajstić information content (AvgIpc) is 2.74. The summed E-state index contributed by atoms with van der Waals surface area (Å²) >= 11 is 7.10. The van der Waals surface area contributed by atoms with E-state index < -0.39 is 18.5 Å². The predicted molar refractivity (Wildman–Crippen MR) is 112 cm³/mol. The molecular formula is C22H15ClN2O3S. The van der Waals surface area contributed by atoms with Gasteiger partial charge in [0.25, 0.3) is 5.91 Å². The zero-order valence-corrected chi connectivity index (χ0v) is 16.7. The van der Waals surface area contributed by atoms with Crippen LogP contribution in [0.3, 0.4) is 0 Å². The van der Waals surface area contributed by atoms with E-state index in [1.807, 2.05) is 12.1 Å². The van der Waals surface area contributed by atoms with Crippen LogP contribution in [0.1, 0.15) is 15.9 Å². The number of halogens is 1. The standard InChI is InChI=1S/C22H15ClN2O3S/c23-16-9-11-17(12-10-16)25-21(26)14-28-22(27)18-6-2-4-8-20(18)29-19-7-3-1-5-15(19)13-24/h1-12H,14H2,(H,25,26). The lowest BCUT2D eigenvalue weighted by atomic mass is 10.2. The Hall–Kier alpha value is -3.27. The number of hydrogen-bond donors (Lipinski definition) is 1. The van der Waals surface area contributed by atoms with E-state index in [9.17, 15) is 14.9 Å². The van der Waals surface area contributed by atoms with Gasteiger partial charge in [-0.15, -0.1) is 0 Å². The van der Waals surface area contributed by atoms with Crippen molar-refractivity contribution in [3.63, 3.8) is 0 Å². The first-order valence-electron chi connectivity index (χ1n) is 8.55. The molecule has 144 valence electrons.